The van der Waals surface area contributed by atoms with Crippen LogP contribution in [0.5, 0.6) is 0 Å². The number of hydrogen-bond donors (Lipinski definition) is 1. The van der Waals surface area contributed by atoms with E-state index in [-0.39, 0.29) is 0 Å². The molecule has 3 aromatic rings. The number of hydrogen-bond acceptors (Lipinski definition) is 3. The molecule has 0 spiro atoms. The summed E-state index contributed by atoms with van der Waals surface area (Å²) in [6, 6.07) is 12.9. The van der Waals surface area contributed by atoms with Crippen molar-refractivity contribution in [1.82, 2.24) is 4.98 Å². The van der Waals surface area contributed by atoms with Crippen LogP contribution in [0, 0.1) is 0 Å². The van der Waals surface area contributed by atoms with Gasteiger partial charge < -0.3 is 5.32 Å². The lowest BCUT2D eigenvalue weighted by Crippen LogP contribution is -1.91. The average Bonchev–Trinajstić information content (AvgIpc) is 3.03. The fraction of sp³-hybridized carbons (Fsp3) is 0.188. The molecule has 1 aromatic heterocycles. The second kappa shape index (κ2) is 4.86. The summed E-state index contributed by atoms with van der Waals surface area (Å²) in [5.41, 5.74) is 5.17. The van der Waals surface area contributed by atoms with E-state index in [0.717, 1.165) is 20.8 Å². The minimum Gasteiger partial charge on any atom is -0.332 e. The van der Waals surface area contributed by atoms with Crippen LogP contribution < -0.4 is 5.32 Å². The second-order valence-corrected chi connectivity index (χ2v) is 7.04. The third-order valence-corrected chi connectivity index (χ3v) is 5.13. The number of rotatable bonds is 2. The van der Waals surface area contributed by atoms with Crippen molar-refractivity contribution in [2.24, 2.45) is 0 Å². The summed E-state index contributed by atoms with van der Waals surface area (Å²) in [5.74, 6) is 0. The minimum atomic E-state index is 0.955. The summed E-state index contributed by atoms with van der Waals surface area (Å²) in [7, 11) is 0. The number of benzene rings is 2. The van der Waals surface area contributed by atoms with Crippen molar-refractivity contribution < 1.29 is 0 Å². The maximum absolute atomic E-state index is 4.63. The number of thiazole rings is 1. The van der Waals surface area contributed by atoms with E-state index in [1.54, 1.807) is 11.3 Å². The Hall–Kier alpha value is -1.39. The van der Waals surface area contributed by atoms with Gasteiger partial charge >= 0.3 is 0 Å². The zero-order valence-electron chi connectivity index (χ0n) is 10.8. The van der Waals surface area contributed by atoms with E-state index in [1.807, 2.05) is 12.1 Å². The van der Waals surface area contributed by atoms with Crippen LogP contribution in [0.3, 0.4) is 0 Å². The van der Waals surface area contributed by atoms with Gasteiger partial charge in [-0.2, -0.15) is 0 Å². The van der Waals surface area contributed by atoms with Gasteiger partial charge in [0.2, 0.25) is 0 Å². The van der Waals surface area contributed by atoms with Crippen molar-refractivity contribution in [3.05, 3.63) is 52.0 Å². The molecule has 100 valence electrons. The summed E-state index contributed by atoms with van der Waals surface area (Å²) in [5, 5.41) is 4.39. The Balaban J connectivity index is 1.66. The quantitative estimate of drug-likeness (QED) is 0.682. The van der Waals surface area contributed by atoms with Crippen LogP contribution >= 0.6 is 27.3 Å². The van der Waals surface area contributed by atoms with Crippen molar-refractivity contribution in [3.8, 4) is 0 Å². The van der Waals surface area contributed by atoms with Gasteiger partial charge in [-0.3, -0.25) is 0 Å². The molecule has 4 heteroatoms. The zero-order chi connectivity index (χ0) is 13.5. The molecule has 0 amide bonds. The lowest BCUT2D eigenvalue weighted by molar-refractivity contribution is 0.912. The number of fused-ring (bicyclic) bond motifs is 2. The molecule has 0 saturated carbocycles. The Morgan fingerprint density at radius 1 is 1.05 bits per heavy atom. The molecular formula is C16H13BrN2S. The Morgan fingerprint density at radius 3 is 2.90 bits per heavy atom. The summed E-state index contributed by atoms with van der Waals surface area (Å²) in [6.07, 6.45) is 3.72. The van der Waals surface area contributed by atoms with Crippen LogP contribution in [0.4, 0.5) is 10.8 Å². The fourth-order valence-corrected chi connectivity index (χ4v) is 4.16. The predicted octanol–water partition coefficient (Wildman–Crippen LogP) is 5.29. The van der Waals surface area contributed by atoms with Gasteiger partial charge in [0.05, 0.1) is 10.2 Å². The zero-order valence-corrected chi connectivity index (χ0v) is 13.2. The minimum absolute atomic E-state index is 0.955. The average molecular weight is 345 g/mol. The van der Waals surface area contributed by atoms with Gasteiger partial charge in [0, 0.05) is 10.2 Å². The third kappa shape index (κ3) is 2.23. The first kappa shape index (κ1) is 12.4. The van der Waals surface area contributed by atoms with E-state index in [0.29, 0.717) is 0 Å². The second-order valence-electron chi connectivity index (χ2n) is 5.09. The van der Waals surface area contributed by atoms with Crippen molar-refractivity contribution in [1.29, 1.82) is 0 Å². The first-order valence-electron chi connectivity index (χ1n) is 6.73. The Morgan fingerprint density at radius 2 is 1.95 bits per heavy atom. The fourth-order valence-electron chi connectivity index (χ4n) is 2.72. The van der Waals surface area contributed by atoms with Crippen LogP contribution in [0.2, 0.25) is 0 Å². The highest BCUT2D eigenvalue weighted by molar-refractivity contribution is 9.10. The van der Waals surface area contributed by atoms with E-state index in [9.17, 15) is 0 Å². The molecule has 0 radical (unpaired) electrons. The smallest absolute Gasteiger partial charge is 0.188 e. The van der Waals surface area contributed by atoms with Gasteiger partial charge in [0.15, 0.2) is 5.13 Å². The van der Waals surface area contributed by atoms with E-state index in [1.165, 1.54) is 35.1 Å². The van der Waals surface area contributed by atoms with Crippen LogP contribution in [-0.2, 0) is 12.8 Å². The predicted molar refractivity (Wildman–Crippen MR) is 89.1 cm³/mol. The Bertz CT molecular complexity index is 794. The van der Waals surface area contributed by atoms with Crippen LogP contribution in [-0.4, -0.2) is 4.98 Å². The number of nitrogens with zero attached hydrogens (tertiary/aromatic N) is 1. The summed E-state index contributed by atoms with van der Waals surface area (Å²) < 4.78 is 2.29. The SMILES string of the molecule is Brc1ccc2nc(Nc3ccc4c(c3)CCC4)sc2c1. The molecule has 0 saturated heterocycles. The number of aromatic nitrogens is 1. The third-order valence-electron chi connectivity index (χ3n) is 3.70. The number of halogens is 1. The molecular weight excluding hydrogens is 332 g/mol. The maximum Gasteiger partial charge on any atom is 0.188 e. The molecule has 1 heterocycles. The van der Waals surface area contributed by atoms with E-state index in [2.05, 4.69) is 50.5 Å². The van der Waals surface area contributed by atoms with E-state index >= 15 is 0 Å². The molecule has 0 bridgehead atoms. The highest BCUT2D eigenvalue weighted by Crippen LogP contribution is 2.32. The van der Waals surface area contributed by atoms with Crippen molar-refractivity contribution in [2.75, 3.05) is 5.32 Å². The molecule has 2 aromatic carbocycles. The molecule has 0 unspecified atom stereocenters. The highest BCUT2D eigenvalue weighted by Gasteiger charge is 2.11. The molecule has 0 atom stereocenters. The Kier molecular flexibility index (Phi) is 3.00. The standard InChI is InChI=1S/C16H13BrN2S/c17-12-5-7-14-15(9-12)20-16(19-14)18-13-6-4-10-2-1-3-11(10)8-13/h4-9H,1-3H2,(H,18,19). The summed E-state index contributed by atoms with van der Waals surface area (Å²) >= 11 is 5.19. The van der Waals surface area contributed by atoms with E-state index in [4.69, 9.17) is 0 Å². The largest absolute Gasteiger partial charge is 0.332 e. The monoisotopic (exact) mass is 344 g/mol. The van der Waals surface area contributed by atoms with Gasteiger partial charge in [-0.1, -0.05) is 33.3 Å². The number of aryl methyl sites for hydroxylation is 2. The van der Waals surface area contributed by atoms with Gasteiger partial charge in [0.1, 0.15) is 0 Å². The number of anilines is 2. The summed E-state index contributed by atoms with van der Waals surface area (Å²) in [6.45, 7) is 0. The van der Waals surface area contributed by atoms with Gasteiger partial charge in [-0.25, -0.2) is 4.98 Å². The lowest BCUT2D eigenvalue weighted by Gasteiger charge is -2.05. The molecule has 2 nitrogen and oxygen atoms in total. The number of nitrogens with one attached hydrogen (secondary N) is 1. The Labute approximate surface area is 130 Å². The van der Waals surface area contributed by atoms with Gasteiger partial charge in [-0.05, 0) is 60.7 Å². The molecule has 0 aliphatic heterocycles. The van der Waals surface area contributed by atoms with Crippen LogP contribution in [0.1, 0.15) is 17.5 Å². The summed E-state index contributed by atoms with van der Waals surface area (Å²) in [4.78, 5) is 4.63. The van der Waals surface area contributed by atoms with Gasteiger partial charge in [0.25, 0.3) is 0 Å². The van der Waals surface area contributed by atoms with Crippen molar-refractivity contribution in [2.45, 2.75) is 19.3 Å². The molecule has 1 N–H and O–H groups in total. The van der Waals surface area contributed by atoms with E-state index < -0.39 is 0 Å². The molecule has 20 heavy (non-hydrogen) atoms. The van der Waals surface area contributed by atoms with Gasteiger partial charge in [-0.15, -0.1) is 0 Å². The van der Waals surface area contributed by atoms with Crippen LogP contribution in [0.15, 0.2) is 40.9 Å². The van der Waals surface area contributed by atoms with Crippen molar-refractivity contribution in [3.63, 3.8) is 0 Å². The molecule has 0 fully saturated rings. The highest BCUT2D eigenvalue weighted by atomic mass is 79.9. The molecule has 1 aliphatic carbocycles. The molecule has 1 aliphatic rings. The van der Waals surface area contributed by atoms with Crippen LogP contribution in [0.25, 0.3) is 10.2 Å². The first-order chi connectivity index (χ1) is 9.78. The molecule has 4 rings (SSSR count). The first-order valence-corrected chi connectivity index (χ1v) is 8.34. The maximum atomic E-state index is 4.63. The topological polar surface area (TPSA) is 24.9 Å². The normalized spacial score (nSPS) is 13.7. The lowest BCUT2D eigenvalue weighted by atomic mass is 10.1. The van der Waals surface area contributed by atoms with Crippen molar-refractivity contribution >= 4 is 48.3 Å².